The van der Waals surface area contributed by atoms with Crippen molar-refractivity contribution in [3.8, 4) is 0 Å². The number of hydrogen-bond donors (Lipinski definition) is 2. The molecule has 3 heteroatoms. The van der Waals surface area contributed by atoms with E-state index in [1.54, 1.807) is 7.05 Å². The highest BCUT2D eigenvalue weighted by molar-refractivity contribution is 5.79. The van der Waals surface area contributed by atoms with Crippen LogP contribution < -0.4 is 15.3 Å². The summed E-state index contributed by atoms with van der Waals surface area (Å²) in [7, 11) is 1.80. The van der Waals surface area contributed by atoms with Crippen molar-refractivity contribution in [1.29, 1.82) is 0 Å². The van der Waals surface area contributed by atoms with Gasteiger partial charge in [0, 0.05) is 0 Å². The van der Waals surface area contributed by atoms with Crippen LogP contribution in [-0.4, -0.2) is 25.8 Å². The topological polar surface area (TPSA) is 38.2 Å². The molecule has 0 saturated carbocycles. The second-order valence-electron chi connectivity index (χ2n) is 2.06. The Balaban J connectivity index is 3.72. The average molecular weight is 128 g/mol. The third kappa shape index (κ3) is 3.62. The zero-order valence-electron chi connectivity index (χ0n) is 6.23. The molecule has 0 aliphatic carbocycles. The highest BCUT2D eigenvalue weighted by Gasteiger charge is 2.03. The fourth-order valence-electron chi connectivity index (χ4n) is 0.470. The van der Waals surface area contributed by atoms with Gasteiger partial charge in [-0.3, -0.25) is 15.3 Å². The molecule has 2 N–H and O–H groups in total. The van der Waals surface area contributed by atoms with Gasteiger partial charge in [0.15, 0.2) is 0 Å². The van der Waals surface area contributed by atoms with Gasteiger partial charge in [-0.15, -0.1) is 0 Å². The van der Waals surface area contributed by atoms with E-state index in [2.05, 4.69) is 22.0 Å². The summed E-state index contributed by atoms with van der Waals surface area (Å²) in [5.41, 5.74) is 0. The van der Waals surface area contributed by atoms with E-state index < -0.39 is 0 Å². The van der Waals surface area contributed by atoms with E-state index in [0.717, 1.165) is 5.96 Å². The molecule has 0 amide bonds. The van der Waals surface area contributed by atoms with E-state index in [0.29, 0.717) is 6.04 Å². The Labute approximate surface area is 55.9 Å². The van der Waals surface area contributed by atoms with E-state index in [1.165, 1.54) is 0 Å². The third-order valence-electron chi connectivity index (χ3n) is 0.820. The summed E-state index contributed by atoms with van der Waals surface area (Å²) in [6.07, 6.45) is 0. The van der Waals surface area contributed by atoms with Gasteiger partial charge in [-0.1, -0.05) is 0 Å². The van der Waals surface area contributed by atoms with Crippen LogP contribution in [0.3, 0.4) is 0 Å². The summed E-state index contributed by atoms with van der Waals surface area (Å²) in [5, 5.41) is 5.92. The lowest BCUT2D eigenvalue weighted by Crippen LogP contribution is -2.40. The van der Waals surface area contributed by atoms with Crippen LogP contribution in [-0.2, 0) is 0 Å². The van der Waals surface area contributed by atoms with Crippen molar-refractivity contribution in [3.05, 3.63) is 0 Å². The highest BCUT2D eigenvalue weighted by atomic mass is 15.1. The zero-order valence-corrected chi connectivity index (χ0v) is 6.23. The lowest BCUT2D eigenvalue weighted by molar-refractivity contribution is 0.715. The van der Waals surface area contributed by atoms with Crippen molar-refractivity contribution < 1.29 is 0 Å². The summed E-state index contributed by atoms with van der Waals surface area (Å²) in [6.45, 7) is 7.46. The second-order valence-corrected chi connectivity index (χ2v) is 2.06. The molecule has 3 nitrogen and oxygen atoms in total. The Morgan fingerprint density at radius 2 is 2.11 bits per heavy atom. The lowest BCUT2D eigenvalue weighted by Gasteiger charge is -1.99. The molecular weight excluding hydrogens is 114 g/mol. The van der Waals surface area contributed by atoms with Crippen LogP contribution in [0.15, 0.2) is 0 Å². The number of rotatable bonds is 1. The van der Waals surface area contributed by atoms with E-state index >= 15 is 0 Å². The predicted octanol–water partition coefficient (Wildman–Crippen LogP) is -0.672. The van der Waals surface area contributed by atoms with Gasteiger partial charge < -0.3 is 0 Å². The highest BCUT2D eigenvalue weighted by Crippen LogP contribution is 1.71. The largest absolute Gasteiger partial charge is 0.437 e. The van der Waals surface area contributed by atoms with Crippen molar-refractivity contribution in [3.63, 3.8) is 0 Å². The van der Waals surface area contributed by atoms with Crippen molar-refractivity contribution >= 4 is 12.7 Å². The number of nitrogens with one attached hydrogen (secondary N) is 2. The molecule has 0 bridgehead atoms. The van der Waals surface area contributed by atoms with E-state index in [-0.39, 0.29) is 0 Å². The molecule has 9 heavy (non-hydrogen) atoms. The molecule has 0 atom stereocenters. The molecule has 0 heterocycles. The molecule has 0 aromatic heterocycles. The number of hydrogen-bond acceptors (Lipinski definition) is 0. The molecular formula is C6H14N3+. The Morgan fingerprint density at radius 3 is 2.22 bits per heavy atom. The molecule has 0 aliphatic heterocycles. The van der Waals surface area contributed by atoms with Crippen LogP contribution in [0.2, 0.25) is 0 Å². The standard InChI is InChI=1S/C6H13N3/c1-5(2)9-6(7-3)8-4/h5H,3H2,1-2,4H3,(H,8,9)/p+1. The maximum atomic E-state index is 3.69. The van der Waals surface area contributed by atoms with Crippen LogP contribution in [0.4, 0.5) is 0 Å². The minimum atomic E-state index is 0.401. The SMILES string of the molecule is C=[N+]=C(NC)NC(C)C. The van der Waals surface area contributed by atoms with Gasteiger partial charge in [0.2, 0.25) is 0 Å². The normalized spacial score (nSPS) is 8.44. The molecule has 0 unspecified atom stereocenters. The van der Waals surface area contributed by atoms with Crippen LogP contribution in [0.1, 0.15) is 13.8 Å². The molecule has 0 aliphatic rings. The summed E-state index contributed by atoms with van der Waals surface area (Å²) < 4.78 is 3.69. The maximum Gasteiger partial charge on any atom is 0.437 e. The molecule has 0 rings (SSSR count). The first kappa shape index (κ1) is 8.05. The van der Waals surface area contributed by atoms with E-state index in [9.17, 15) is 0 Å². The predicted molar refractivity (Wildman–Crippen MR) is 41.6 cm³/mol. The van der Waals surface area contributed by atoms with Crippen molar-refractivity contribution in [2.75, 3.05) is 7.05 Å². The van der Waals surface area contributed by atoms with Gasteiger partial charge in [-0.05, 0) is 13.8 Å². The van der Waals surface area contributed by atoms with E-state index in [1.807, 2.05) is 13.8 Å². The fraction of sp³-hybridized carbons (Fsp3) is 0.667. The first-order chi connectivity index (χ1) is 4.20. The first-order valence-electron chi connectivity index (χ1n) is 2.98. The number of guanidine groups is 1. The van der Waals surface area contributed by atoms with Gasteiger partial charge in [0.1, 0.15) is 6.72 Å². The lowest BCUT2D eigenvalue weighted by atomic mass is 10.4. The Bertz CT molecular complexity index is 122. The Kier molecular flexibility index (Phi) is 3.56. The molecule has 0 radical (unpaired) electrons. The summed E-state index contributed by atoms with van der Waals surface area (Å²) in [6, 6.07) is 0.401. The van der Waals surface area contributed by atoms with Gasteiger partial charge in [-0.2, -0.15) is 0 Å². The Morgan fingerprint density at radius 1 is 1.56 bits per heavy atom. The average Bonchev–Trinajstić information content (AvgIpc) is 1.82. The van der Waals surface area contributed by atoms with Gasteiger partial charge in [0.05, 0.1) is 13.1 Å². The summed E-state index contributed by atoms with van der Waals surface area (Å²) in [4.78, 5) is 0. The van der Waals surface area contributed by atoms with Crippen LogP contribution >= 0.6 is 0 Å². The monoisotopic (exact) mass is 128 g/mol. The summed E-state index contributed by atoms with van der Waals surface area (Å²) in [5.74, 6) is 0.727. The van der Waals surface area contributed by atoms with E-state index in [4.69, 9.17) is 0 Å². The van der Waals surface area contributed by atoms with Crippen LogP contribution in [0.5, 0.6) is 0 Å². The molecule has 0 aromatic carbocycles. The minimum absolute atomic E-state index is 0.401. The van der Waals surface area contributed by atoms with Crippen molar-refractivity contribution in [2.45, 2.75) is 19.9 Å². The molecule has 0 saturated heterocycles. The first-order valence-corrected chi connectivity index (χ1v) is 2.98. The molecule has 52 valence electrons. The molecule has 0 spiro atoms. The summed E-state index contributed by atoms with van der Waals surface area (Å²) >= 11 is 0. The fourth-order valence-corrected chi connectivity index (χ4v) is 0.470. The van der Waals surface area contributed by atoms with Crippen LogP contribution in [0.25, 0.3) is 0 Å². The van der Waals surface area contributed by atoms with Crippen molar-refractivity contribution in [1.82, 2.24) is 15.3 Å². The van der Waals surface area contributed by atoms with Crippen molar-refractivity contribution in [2.24, 2.45) is 0 Å². The minimum Gasteiger partial charge on any atom is -0.267 e. The quantitative estimate of drug-likeness (QED) is 0.279. The third-order valence-corrected chi connectivity index (χ3v) is 0.820. The maximum absolute atomic E-state index is 3.69. The Hall–Kier alpha value is -0.950. The smallest absolute Gasteiger partial charge is 0.267 e. The van der Waals surface area contributed by atoms with Gasteiger partial charge in [-0.25, -0.2) is 0 Å². The molecule has 0 fully saturated rings. The van der Waals surface area contributed by atoms with Gasteiger partial charge >= 0.3 is 5.96 Å². The van der Waals surface area contributed by atoms with Gasteiger partial charge in [0.25, 0.3) is 0 Å². The zero-order chi connectivity index (χ0) is 7.28. The molecule has 0 aromatic rings. The second kappa shape index (κ2) is 3.98. The van der Waals surface area contributed by atoms with Crippen LogP contribution in [0, 0.1) is 0 Å². The number of nitrogens with zero attached hydrogens (tertiary/aromatic N) is 1.